The summed E-state index contributed by atoms with van der Waals surface area (Å²) in [5.74, 6) is -0.885. The van der Waals surface area contributed by atoms with E-state index in [1.165, 1.54) is 18.6 Å². The topological polar surface area (TPSA) is 83.5 Å². The molecule has 2 rings (SSSR count). The lowest BCUT2D eigenvalue weighted by molar-refractivity contribution is 0.0698. The number of aryl methyl sites for hydroxylation is 1. The lowest BCUT2D eigenvalue weighted by Crippen LogP contribution is -2.25. The molecule has 0 saturated heterocycles. The highest BCUT2D eigenvalue weighted by atomic mass is 32.2. The second-order valence-corrected chi connectivity index (χ2v) is 7.51. The van der Waals surface area contributed by atoms with Gasteiger partial charge in [-0.05, 0) is 37.8 Å². The van der Waals surface area contributed by atoms with Crippen LogP contribution in [0.4, 0.5) is 5.69 Å². The Bertz CT molecular complexity index is 619. The third kappa shape index (κ3) is 4.46. The van der Waals surface area contributed by atoms with Gasteiger partial charge in [0.1, 0.15) is 0 Å². The number of carbonyl (C=O) groups is 1. The van der Waals surface area contributed by atoms with Crippen LogP contribution in [0.3, 0.4) is 0 Å². The number of hydrogen-bond acceptors (Lipinski definition) is 3. The fourth-order valence-corrected chi connectivity index (χ4v) is 4.35. The first-order valence-electron chi connectivity index (χ1n) is 7.22. The summed E-state index contributed by atoms with van der Waals surface area (Å²) >= 11 is 0. The van der Waals surface area contributed by atoms with Crippen molar-refractivity contribution >= 4 is 21.7 Å². The summed E-state index contributed by atoms with van der Waals surface area (Å²) in [6, 6.07) is 4.68. The van der Waals surface area contributed by atoms with E-state index in [1.54, 1.807) is 13.0 Å². The molecule has 116 valence electrons. The van der Waals surface area contributed by atoms with E-state index in [9.17, 15) is 18.3 Å². The molecule has 1 aromatic rings. The summed E-state index contributed by atoms with van der Waals surface area (Å²) in [6.07, 6.45) is 5.18. The maximum absolute atomic E-state index is 12.2. The van der Waals surface area contributed by atoms with E-state index in [4.69, 9.17) is 0 Å². The Morgan fingerprint density at radius 3 is 2.57 bits per heavy atom. The third-order valence-electron chi connectivity index (χ3n) is 3.85. The minimum atomic E-state index is -3.52. The van der Waals surface area contributed by atoms with Crippen molar-refractivity contribution in [2.45, 2.75) is 39.0 Å². The summed E-state index contributed by atoms with van der Waals surface area (Å²) in [7, 11) is -3.52. The first kappa shape index (κ1) is 15.8. The fraction of sp³-hybridized carbons (Fsp3) is 0.533. The van der Waals surface area contributed by atoms with Crippen molar-refractivity contribution in [3.63, 3.8) is 0 Å². The minimum Gasteiger partial charge on any atom is -0.478 e. The first-order valence-corrected chi connectivity index (χ1v) is 8.87. The SMILES string of the molecule is Cc1ccc(NS(=O)(=O)CC2CCCCC2)c(C(=O)O)c1. The zero-order valence-electron chi connectivity index (χ0n) is 12.1. The molecule has 0 spiro atoms. The van der Waals surface area contributed by atoms with Gasteiger partial charge in [-0.15, -0.1) is 0 Å². The Labute approximate surface area is 125 Å². The molecule has 0 amide bonds. The molecule has 0 bridgehead atoms. The Morgan fingerprint density at radius 1 is 1.29 bits per heavy atom. The highest BCUT2D eigenvalue weighted by molar-refractivity contribution is 7.92. The number of carboxylic acids is 1. The van der Waals surface area contributed by atoms with Gasteiger partial charge in [-0.3, -0.25) is 4.72 Å². The van der Waals surface area contributed by atoms with Crippen LogP contribution in [-0.4, -0.2) is 25.2 Å². The summed E-state index contributed by atoms with van der Waals surface area (Å²) in [4.78, 5) is 11.2. The van der Waals surface area contributed by atoms with Crippen molar-refractivity contribution in [3.8, 4) is 0 Å². The van der Waals surface area contributed by atoms with E-state index in [-0.39, 0.29) is 22.9 Å². The Balaban J connectivity index is 2.14. The third-order valence-corrected chi connectivity index (χ3v) is 5.29. The Hall–Kier alpha value is -1.56. The molecule has 0 radical (unpaired) electrons. The van der Waals surface area contributed by atoms with Gasteiger partial charge in [0.05, 0.1) is 17.0 Å². The highest BCUT2D eigenvalue weighted by Gasteiger charge is 2.23. The molecular formula is C15H21NO4S. The van der Waals surface area contributed by atoms with E-state index in [0.29, 0.717) is 0 Å². The molecule has 0 aromatic heterocycles. The summed E-state index contributed by atoms with van der Waals surface area (Å²) in [5.41, 5.74) is 0.911. The average molecular weight is 311 g/mol. The Kier molecular flexibility index (Phi) is 4.88. The predicted octanol–water partition coefficient (Wildman–Crippen LogP) is 3.02. The minimum absolute atomic E-state index is 0.0118. The standard InChI is InChI=1S/C15H21NO4S/c1-11-7-8-14(13(9-11)15(17)18)16-21(19,20)10-12-5-3-2-4-6-12/h7-9,12,16H,2-6,10H2,1H3,(H,17,18). The van der Waals surface area contributed by atoms with Crippen molar-refractivity contribution in [2.75, 3.05) is 10.5 Å². The van der Waals surface area contributed by atoms with Gasteiger partial charge in [0.15, 0.2) is 0 Å². The lowest BCUT2D eigenvalue weighted by atomic mass is 9.91. The number of hydrogen-bond donors (Lipinski definition) is 2. The van der Waals surface area contributed by atoms with Gasteiger partial charge in [-0.1, -0.05) is 30.9 Å². The number of carboxylic acid groups (broad SMARTS) is 1. The number of anilines is 1. The quantitative estimate of drug-likeness (QED) is 0.875. The monoisotopic (exact) mass is 311 g/mol. The fourth-order valence-electron chi connectivity index (χ4n) is 2.80. The largest absolute Gasteiger partial charge is 0.478 e. The van der Waals surface area contributed by atoms with Gasteiger partial charge < -0.3 is 5.11 Å². The molecule has 5 nitrogen and oxygen atoms in total. The van der Waals surface area contributed by atoms with Crippen LogP contribution in [0.1, 0.15) is 48.0 Å². The summed E-state index contributed by atoms with van der Waals surface area (Å²) in [5, 5.41) is 9.17. The van der Waals surface area contributed by atoms with Gasteiger partial charge in [-0.25, -0.2) is 13.2 Å². The number of nitrogens with one attached hydrogen (secondary N) is 1. The molecule has 2 N–H and O–H groups in total. The molecule has 0 atom stereocenters. The van der Waals surface area contributed by atoms with Crippen LogP contribution in [0.5, 0.6) is 0 Å². The molecule has 0 unspecified atom stereocenters. The van der Waals surface area contributed by atoms with E-state index in [0.717, 1.165) is 31.2 Å². The van der Waals surface area contributed by atoms with Crippen LogP contribution >= 0.6 is 0 Å². The highest BCUT2D eigenvalue weighted by Crippen LogP contribution is 2.26. The van der Waals surface area contributed by atoms with E-state index in [1.807, 2.05) is 0 Å². The van der Waals surface area contributed by atoms with Crippen LogP contribution < -0.4 is 4.72 Å². The second-order valence-electron chi connectivity index (χ2n) is 5.74. The van der Waals surface area contributed by atoms with Crippen molar-refractivity contribution in [1.29, 1.82) is 0 Å². The van der Waals surface area contributed by atoms with Crippen LogP contribution in [0.2, 0.25) is 0 Å². The second kappa shape index (κ2) is 6.47. The zero-order chi connectivity index (χ0) is 15.5. The van der Waals surface area contributed by atoms with Gasteiger partial charge in [0.2, 0.25) is 10.0 Å². The normalized spacial score (nSPS) is 16.6. The molecule has 21 heavy (non-hydrogen) atoms. The number of aromatic carboxylic acids is 1. The first-order chi connectivity index (χ1) is 9.87. The van der Waals surface area contributed by atoms with Crippen molar-refractivity contribution in [1.82, 2.24) is 0 Å². The molecule has 1 aliphatic rings. The van der Waals surface area contributed by atoms with Crippen LogP contribution in [0.15, 0.2) is 18.2 Å². The van der Waals surface area contributed by atoms with Gasteiger partial charge in [0, 0.05) is 0 Å². The average Bonchev–Trinajstić information content (AvgIpc) is 2.41. The van der Waals surface area contributed by atoms with E-state index >= 15 is 0 Å². The van der Waals surface area contributed by atoms with E-state index in [2.05, 4.69) is 4.72 Å². The smallest absolute Gasteiger partial charge is 0.337 e. The molecule has 0 heterocycles. The molecule has 1 saturated carbocycles. The molecular weight excluding hydrogens is 290 g/mol. The van der Waals surface area contributed by atoms with E-state index < -0.39 is 16.0 Å². The van der Waals surface area contributed by atoms with Gasteiger partial charge in [0.25, 0.3) is 0 Å². The lowest BCUT2D eigenvalue weighted by Gasteiger charge is -2.21. The zero-order valence-corrected chi connectivity index (χ0v) is 12.9. The predicted molar refractivity (Wildman–Crippen MR) is 82.1 cm³/mol. The number of sulfonamides is 1. The molecule has 0 aliphatic heterocycles. The molecule has 1 aromatic carbocycles. The number of rotatable bonds is 5. The van der Waals surface area contributed by atoms with Gasteiger partial charge >= 0.3 is 5.97 Å². The maximum atomic E-state index is 12.2. The van der Waals surface area contributed by atoms with Crippen LogP contribution in [0, 0.1) is 12.8 Å². The van der Waals surface area contributed by atoms with Crippen molar-refractivity contribution < 1.29 is 18.3 Å². The van der Waals surface area contributed by atoms with Crippen LogP contribution in [0.25, 0.3) is 0 Å². The molecule has 6 heteroatoms. The van der Waals surface area contributed by atoms with Crippen molar-refractivity contribution in [3.05, 3.63) is 29.3 Å². The molecule has 1 aliphatic carbocycles. The van der Waals surface area contributed by atoms with Crippen molar-refractivity contribution in [2.24, 2.45) is 5.92 Å². The number of benzene rings is 1. The van der Waals surface area contributed by atoms with Gasteiger partial charge in [-0.2, -0.15) is 0 Å². The molecule has 1 fully saturated rings. The summed E-state index contributed by atoms with van der Waals surface area (Å²) < 4.78 is 26.9. The maximum Gasteiger partial charge on any atom is 0.337 e. The van der Waals surface area contributed by atoms with Crippen LogP contribution in [-0.2, 0) is 10.0 Å². The Morgan fingerprint density at radius 2 is 1.95 bits per heavy atom. The summed E-state index contributed by atoms with van der Waals surface area (Å²) in [6.45, 7) is 1.77.